The third kappa shape index (κ3) is 5.54. The van der Waals surface area contributed by atoms with Gasteiger partial charge in [0.1, 0.15) is 0 Å². The molecule has 2 rings (SSSR count). The fourth-order valence-electron chi connectivity index (χ4n) is 2.89. The van der Waals surface area contributed by atoms with Gasteiger partial charge in [-0.05, 0) is 50.0 Å². The van der Waals surface area contributed by atoms with Crippen molar-refractivity contribution in [3.8, 4) is 0 Å². The van der Waals surface area contributed by atoms with Gasteiger partial charge >= 0.3 is 0 Å². The minimum Gasteiger partial charge on any atom is -0.385 e. The highest BCUT2D eigenvalue weighted by molar-refractivity contribution is 5.44. The van der Waals surface area contributed by atoms with Crippen molar-refractivity contribution in [2.24, 2.45) is 0 Å². The minimum absolute atomic E-state index is 1.11. The summed E-state index contributed by atoms with van der Waals surface area (Å²) in [6, 6.07) is 9.02. The lowest BCUT2D eigenvalue weighted by molar-refractivity contribution is 0.331. The molecule has 0 radical (unpaired) electrons. The first-order chi connectivity index (χ1) is 9.88. The molecule has 1 N–H and O–H groups in total. The number of rotatable bonds is 9. The standard InChI is InChI=1S/C18H30N2/c1-2-3-4-5-6-13-19-18-11-9-17(10-12-18)16-20-14-7-8-15-20/h9-12,19H,2-8,13-16H2,1H3. The van der Waals surface area contributed by atoms with E-state index in [4.69, 9.17) is 0 Å². The van der Waals surface area contributed by atoms with Crippen LogP contribution in [0.2, 0.25) is 0 Å². The molecule has 0 spiro atoms. The molecule has 0 bridgehead atoms. The Kier molecular flexibility index (Phi) is 6.93. The Morgan fingerprint density at radius 2 is 1.65 bits per heavy atom. The van der Waals surface area contributed by atoms with E-state index in [9.17, 15) is 0 Å². The molecule has 0 amide bonds. The van der Waals surface area contributed by atoms with E-state index in [2.05, 4.69) is 41.4 Å². The van der Waals surface area contributed by atoms with Gasteiger partial charge in [-0.2, -0.15) is 0 Å². The van der Waals surface area contributed by atoms with E-state index in [1.54, 1.807) is 0 Å². The molecule has 0 saturated carbocycles. The topological polar surface area (TPSA) is 15.3 Å². The van der Waals surface area contributed by atoms with Gasteiger partial charge < -0.3 is 5.32 Å². The van der Waals surface area contributed by atoms with Crippen molar-refractivity contribution in [3.63, 3.8) is 0 Å². The van der Waals surface area contributed by atoms with Crippen molar-refractivity contribution in [1.29, 1.82) is 0 Å². The number of benzene rings is 1. The molecule has 20 heavy (non-hydrogen) atoms. The van der Waals surface area contributed by atoms with E-state index in [0.29, 0.717) is 0 Å². The highest BCUT2D eigenvalue weighted by Crippen LogP contribution is 2.15. The van der Waals surface area contributed by atoms with Gasteiger partial charge in [-0.15, -0.1) is 0 Å². The van der Waals surface area contributed by atoms with Gasteiger partial charge in [-0.3, -0.25) is 4.90 Å². The SMILES string of the molecule is CCCCCCCNc1ccc(CN2CCCC2)cc1. The number of unbranched alkanes of at least 4 members (excludes halogenated alkanes) is 4. The van der Waals surface area contributed by atoms with Gasteiger partial charge in [0.2, 0.25) is 0 Å². The Morgan fingerprint density at radius 1 is 0.950 bits per heavy atom. The molecule has 0 aliphatic carbocycles. The number of anilines is 1. The van der Waals surface area contributed by atoms with Crippen LogP contribution in [-0.2, 0) is 6.54 Å². The van der Waals surface area contributed by atoms with Crippen LogP contribution in [0.3, 0.4) is 0 Å². The Bertz CT molecular complexity index is 352. The quantitative estimate of drug-likeness (QED) is 0.659. The molecule has 1 heterocycles. The van der Waals surface area contributed by atoms with Crippen LogP contribution in [0, 0.1) is 0 Å². The van der Waals surface area contributed by atoms with Crippen LogP contribution in [0.4, 0.5) is 5.69 Å². The van der Waals surface area contributed by atoms with Gasteiger partial charge in [-0.25, -0.2) is 0 Å². The second-order valence-electron chi connectivity index (χ2n) is 6.02. The maximum atomic E-state index is 3.53. The second kappa shape index (κ2) is 9.02. The molecule has 2 heteroatoms. The lowest BCUT2D eigenvalue weighted by atomic mass is 10.1. The van der Waals surface area contributed by atoms with Crippen molar-refractivity contribution in [2.45, 2.75) is 58.4 Å². The minimum atomic E-state index is 1.11. The second-order valence-corrected chi connectivity index (χ2v) is 6.02. The zero-order valence-corrected chi connectivity index (χ0v) is 13.0. The van der Waals surface area contributed by atoms with Crippen LogP contribution < -0.4 is 5.32 Å². The van der Waals surface area contributed by atoms with Crippen molar-refractivity contribution >= 4 is 5.69 Å². The molecule has 1 aromatic carbocycles. The molecular weight excluding hydrogens is 244 g/mol. The van der Waals surface area contributed by atoms with Crippen LogP contribution in [0.1, 0.15) is 57.4 Å². The van der Waals surface area contributed by atoms with E-state index in [1.807, 2.05) is 0 Å². The van der Waals surface area contributed by atoms with Crippen molar-refractivity contribution in [1.82, 2.24) is 4.90 Å². The summed E-state index contributed by atoms with van der Waals surface area (Å²) in [4.78, 5) is 2.55. The van der Waals surface area contributed by atoms with E-state index in [0.717, 1.165) is 13.1 Å². The fraction of sp³-hybridized carbons (Fsp3) is 0.667. The molecule has 1 saturated heterocycles. The average Bonchev–Trinajstić information content (AvgIpc) is 2.97. The van der Waals surface area contributed by atoms with E-state index in [-0.39, 0.29) is 0 Å². The highest BCUT2D eigenvalue weighted by atomic mass is 15.1. The van der Waals surface area contributed by atoms with Crippen molar-refractivity contribution in [3.05, 3.63) is 29.8 Å². The number of hydrogen-bond donors (Lipinski definition) is 1. The predicted octanol–water partition coefficient (Wildman–Crippen LogP) is 4.66. The van der Waals surface area contributed by atoms with Gasteiger partial charge in [0, 0.05) is 18.8 Å². The highest BCUT2D eigenvalue weighted by Gasteiger charge is 2.11. The summed E-state index contributed by atoms with van der Waals surface area (Å²) in [5.74, 6) is 0. The molecule has 1 aliphatic rings. The number of hydrogen-bond acceptors (Lipinski definition) is 2. The van der Waals surface area contributed by atoms with Crippen LogP contribution in [0.5, 0.6) is 0 Å². The molecule has 1 aromatic rings. The maximum Gasteiger partial charge on any atom is 0.0340 e. The summed E-state index contributed by atoms with van der Waals surface area (Å²) in [5, 5.41) is 3.53. The summed E-state index contributed by atoms with van der Waals surface area (Å²) in [7, 11) is 0. The third-order valence-electron chi connectivity index (χ3n) is 4.17. The van der Waals surface area contributed by atoms with Gasteiger partial charge in [0.05, 0.1) is 0 Å². The lowest BCUT2D eigenvalue weighted by Crippen LogP contribution is -2.18. The zero-order valence-electron chi connectivity index (χ0n) is 13.0. The van der Waals surface area contributed by atoms with E-state index in [1.165, 1.54) is 69.3 Å². The number of nitrogens with one attached hydrogen (secondary N) is 1. The normalized spacial score (nSPS) is 15.7. The summed E-state index contributed by atoms with van der Waals surface area (Å²) >= 11 is 0. The molecule has 2 nitrogen and oxygen atoms in total. The van der Waals surface area contributed by atoms with Crippen LogP contribution in [0.25, 0.3) is 0 Å². The summed E-state index contributed by atoms with van der Waals surface area (Å²) in [6.07, 6.45) is 9.48. The van der Waals surface area contributed by atoms with Gasteiger partial charge in [0.15, 0.2) is 0 Å². The Balaban J connectivity index is 1.63. The first-order valence-corrected chi connectivity index (χ1v) is 8.43. The molecule has 0 unspecified atom stereocenters. The molecule has 0 atom stereocenters. The zero-order chi connectivity index (χ0) is 14.0. The Labute approximate surface area is 124 Å². The Morgan fingerprint density at radius 3 is 2.35 bits per heavy atom. The largest absolute Gasteiger partial charge is 0.385 e. The molecule has 1 aliphatic heterocycles. The lowest BCUT2D eigenvalue weighted by Gasteiger charge is -2.15. The van der Waals surface area contributed by atoms with Crippen LogP contribution in [-0.4, -0.2) is 24.5 Å². The van der Waals surface area contributed by atoms with E-state index >= 15 is 0 Å². The Hall–Kier alpha value is -1.02. The monoisotopic (exact) mass is 274 g/mol. The fourth-order valence-corrected chi connectivity index (χ4v) is 2.89. The van der Waals surface area contributed by atoms with Crippen LogP contribution in [0.15, 0.2) is 24.3 Å². The molecule has 1 fully saturated rings. The summed E-state index contributed by atoms with van der Waals surface area (Å²) in [6.45, 7) is 7.05. The number of nitrogens with zero attached hydrogens (tertiary/aromatic N) is 1. The predicted molar refractivity (Wildman–Crippen MR) is 88.2 cm³/mol. The van der Waals surface area contributed by atoms with Crippen LogP contribution >= 0.6 is 0 Å². The van der Waals surface area contributed by atoms with Crippen molar-refractivity contribution in [2.75, 3.05) is 25.0 Å². The summed E-state index contributed by atoms with van der Waals surface area (Å²) < 4.78 is 0. The first-order valence-electron chi connectivity index (χ1n) is 8.43. The molecular formula is C18H30N2. The molecule has 112 valence electrons. The maximum absolute atomic E-state index is 3.53. The summed E-state index contributed by atoms with van der Waals surface area (Å²) in [5.41, 5.74) is 2.71. The van der Waals surface area contributed by atoms with Gasteiger partial charge in [0.25, 0.3) is 0 Å². The average molecular weight is 274 g/mol. The van der Waals surface area contributed by atoms with Crippen molar-refractivity contribution < 1.29 is 0 Å². The number of likely N-dealkylation sites (tertiary alicyclic amines) is 1. The van der Waals surface area contributed by atoms with Gasteiger partial charge in [-0.1, -0.05) is 44.7 Å². The third-order valence-corrected chi connectivity index (χ3v) is 4.17. The first kappa shape index (κ1) is 15.4. The smallest absolute Gasteiger partial charge is 0.0340 e. The van der Waals surface area contributed by atoms with E-state index < -0.39 is 0 Å². The molecule has 0 aromatic heterocycles.